The minimum atomic E-state index is -0.373. The molecular formula is C28H42N4O3. The first-order chi connectivity index (χ1) is 16.7. The molecule has 0 saturated carbocycles. The fraction of sp³-hybridized carbons (Fsp3) is 0.571. The number of nitrogens with one attached hydrogen (secondary N) is 1. The van der Waals surface area contributed by atoms with Crippen LogP contribution in [0.2, 0.25) is 0 Å². The first-order valence-electron chi connectivity index (χ1n) is 12.9. The summed E-state index contributed by atoms with van der Waals surface area (Å²) in [5.74, 6) is 1.50. The van der Waals surface area contributed by atoms with Crippen molar-refractivity contribution in [2.45, 2.75) is 65.5 Å². The molecule has 0 atom stereocenters. The Morgan fingerprint density at radius 3 is 2.31 bits per heavy atom. The molecule has 1 aromatic carbocycles. The van der Waals surface area contributed by atoms with Crippen molar-refractivity contribution in [3.63, 3.8) is 0 Å². The molecule has 0 bridgehead atoms. The van der Waals surface area contributed by atoms with Gasteiger partial charge < -0.3 is 24.4 Å². The number of hydrogen-bond acceptors (Lipinski definition) is 4. The Bertz CT molecular complexity index is 929. The number of aryl methyl sites for hydroxylation is 1. The van der Waals surface area contributed by atoms with Crippen molar-refractivity contribution >= 4 is 11.9 Å². The summed E-state index contributed by atoms with van der Waals surface area (Å²) in [4.78, 5) is 32.6. The van der Waals surface area contributed by atoms with Gasteiger partial charge in [0.05, 0.1) is 6.54 Å². The van der Waals surface area contributed by atoms with Crippen molar-refractivity contribution in [1.82, 2.24) is 20.0 Å². The van der Waals surface area contributed by atoms with Gasteiger partial charge in [-0.2, -0.15) is 0 Å². The van der Waals surface area contributed by atoms with Crippen molar-refractivity contribution in [3.8, 4) is 0 Å². The summed E-state index contributed by atoms with van der Waals surface area (Å²) in [5.41, 5.74) is 0.802. The average Bonchev–Trinajstić information content (AvgIpc) is 3.24. The highest BCUT2D eigenvalue weighted by atomic mass is 16.3. The monoisotopic (exact) mass is 482 g/mol. The highest BCUT2D eigenvalue weighted by Crippen LogP contribution is 2.13. The van der Waals surface area contributed by atoms with Crippen molar-refractivity contribution in [1.29, 1.82) is 0 Å². The van der Waals surface area contributed by atoms with Crippen molar-refractivity contribution in [3.05, 3.63) is 59.5 Å². The number of nitrogens with zero attached hydrogens (tertiary/aromatic N) is 3. The molecule has 0 unspecified atom stereocenters. The third-order valence-corrected chi connectivity index (χ3v) is 6.24. The van der Waals surface area contributed by atoms with Gasteiger partial charge in [-0.15, -0.1) is 0 Å². The maximum atomic E-state index is 13.6. The van der Waals surface area contributed by atoms with Crippen LogP contribution in [-0.2, 0) is 17.8 Å². The standard InChI is InChI=1S/C28H42N4O3/c1-23-13-14-25(35-23)21-31(18-15-24-11-7-5-8-12-24)26(33)22-32(27(34)29-28(2,3)4)20-19-30-16-9-6-10-17-30/h5,7-8,11-14H,6,9-10,15-22H2,1-4H3,(H,29,34). The normalized spacial score (nSPS) is 14.5. The molecule has 0 spiro atoms. The van der Waals surface area contributed by atoms with E-state index < -0.39 is 0 Å². The van der Waals surface area contributed by atoms with Gasteiger partial charge >= 0.3 is 6.03 Å². The number of amides is 3. The third-order valence-electron chi connectivity index (χ3n) is 6.24. The van der Waals surface area contributed by atoms with E-state index in [1.165, 1.54) is 24.8 Å². The summed E-state index contributed by atoms with van der Waals surface area (Å²) >= 11 is 0. The first kappa shape index (κ1) is 26.8. The highest BCUT2D eigenvalue weighted by molar-refractivity contribution is 5.84. The predicted octanol–water partition coefficient (Wildman–Crippen LogP) is 4.46. The molecule has 1 N–H and O–H groups in total. The summed E-state index contributed by atoms with van der Waals surface area (Å²) in [6.45, 7) is 12.2. The second-order valence-corrected chi connectivity index (χ2v) is 10.6. The predicted molar refractivity (Wildman–Crippen MR) is 139 cm³/mol. The molecule has 2 aromatic rings. The SMILES string of the molecule is Cc1ccc(CN(CCc2ccccc2)C(=O)CN(CCN2CCCCC2)C(=O)NC(C)(C)C)o1. The molecule has 1 aromatic heterocycles. The van der Waals surface area contributed by atoms with E-state index in [9.17, 15) is 9.59 Å². The molecule has 3 rings (SSSR count). The van der Waals surface area contributed by atoms with Gasteiger partial charge in [0.2, 0.25) is 5.91 Å². The Labute approximate surface area is 210 Å². The number of furan rings is 1. The van der Waals surface area contributed by atoms with Gasteiger partial charge in [-0.25, -0.2) is 4.79 Å². The van der Waals surface area contributed by atoms with Crippen LogP contribution in [0.25, 0.3) is 0 Å². The average molecular weight is 483 g/mol. The number of likely N-dealkylation sites (tertiary alicyclic amines) is 1. The summed E-state index contributed by atoms with van der Waals surface area (Å²) in [7, 11) is 0. The van der Waals surface area contributed by atoms with Gasteiger partial charge in [-0.3, -0.25) is 4.79 Å². The van der Waals surface area contributed by atoms with Gasteiger partial charge in [-0.05, 0) is 77.7 Å². The summed E-state index contributed by atoms with van der Waals surface area (Å²) in [5, 5.41) is 3.04. The van der Waals surface area contributed by atoms with E-state index in [1.54, 1.807) is 4.90 Å². The van der Waals surface area contributed by atoms with Gasteiger partial charge in [0.25, 0.3) is 0 Å². The minimum Gasteiger partial charge on any atom is -0.464 e. The van der Waals surface area contributed by atoms with E-state index in [1.807, 2.05) is 62.9 Å². The van der Waals surface area contributed by atoms with Crippen LogP contribution in [0.1, 0.15) is 57.1 Å². The van der Waals surface area contributed by atoms with Crippen LogP contribution < -0.4 is 5.32 Å². The molecule has 1 aliphatic rings. The smallest absolute Gasteiger partial charge is 0.318 e. The van der Waals surface area contributed by atoms with Crippen LogP contribution in [0.15, 0.2) is 46.9 Å². The van der Waals surface area contributed by atoms with Crippen molar-refractivity contribution < 1.29 is 14.0 Å². The Kier molecular flexibility index (Phi) is 9.78. The first-order valence-corrected chi connectivity index (χ1v) is 12.9. The Hall–Kier alpha value is -2.80. The quantitative estimate of drug-likeness (QED) is 0.543. The number of carbonyl (C=O) groups is 2. The number of urea groups is 1. The van der Waals surface area contributed by atoms with Crippen LogP contribution in [0.4, 0.5) is 4.79 Å². The number of hydrogen-bond donors (Lipinski definition) is 1. The second kappa shape index (κ2) is 12.8. The molecular weight excluding hydrogens is 440 g/mol. The summed E-state index contributed by atoms with van der Waals surface area (Å²) in [6.07, 6.45) is 4.41. The molecule has 7 nitrogen and oxygen atoms in total. The molecule has 0 radical (unpaired) electrons. The topological polar surface area (TPSA) is 69.0 Å². The zero-order valence-corrected chi connectivity index (χ0v) is 21.9. The minimum absolute atomic E-state index is 0.0459. The largest absolute Gasteiger partial charge is 0.464 e. The van der Waals surface area contributed by atoms with E-state index in [0.717, 1.165) is 37.6 Å². The van der Waals surface area contributed by atoms with E-state index in [2.05, 4.69) is 22.3 Å². The lowest BCUT2D eigenvalue weighted by Crippen LogP contribution is -2.53. The van der Waals surface area contributed by atoms with Crippen LogP contribution in [0.3, 0.4) is 0 Å². The van der Waals surface area contributed by atoms with Gasteiger partial charge in [0.1, 0.15) is 18.1 Å². The van der Waals surface area contributed by atoms with Crippen LogP contribution in [0, 0.1) is 6.92 Å². The number of benzene rings is 1. The lowest BCUT2D eigenvalue weighted by molar-refractivity contribution is -0.132. The summed E-state index contributed by atoms with van der Waals surface area (Å²) < 4.78 is 5.77. The highest BCUT2D eigenvalue weighted by Gasteiger charge is 2.25. The lowest BCUT2D eigenvalue weighted by atomic mass is 10.1. The van der Waals surface area contributed by atoms with Gasteiger partial charge in [0, 0.05) is 25.2 Å². The molecule has 2 heterocycles. The van der Waals surface area contributed by atoms with Crippen LogP contribution in [0.5, 0.6) is 0 Å². The Morgan fingerprint density at radius 1 is 0.971 bits per heavy atom. The molecule has 35 heavy (non-hydrogen) atoms. The lowest BCUT2D eigenvalue weighted by Gasteiger charge is -2.33. The van der Waals surface area contributed by atoms with Crippen molar-refractivity contribution in [2.75, 3.05) is 39.3 Å². The van der Waals surface area contributed by atoms with E-state index in [0.29, 0.717) is 19.6 Å². The fourth-order valence-electron chi connectivity index (χ4n) is 4.32. The molecule has 192 valence electrons. The molecule has 3 amide bonds. The number of piperidine rings is 1. The third kappa shape index (κ3) is 9.40. The molecule has 7 heteroatoms. The zero-order valence-electron chi connectivity index (χ0n) is 21.9. The van der Waals surface area contributed by atoms with E-state index >= 15 is 0 Å². The fourth-order valence-corrected chi connectivity index (χ4v) is 4.32. The Morgan fingerprint density at radius 2 is 1.69 bits per heavy atom. The molecule has 1 saturated heterocycles. The van der Waals surface area contributed by atoms with E-state index in [4.69, 9.17) is 4.42 Å². The molecule has 1 fully saturated rings. The maximum Gasteiger partial charge on any atom is 0.318 e. The number of rotatable bonds is 10. The Balaban J connectivity index is 1.70. The van der Waals surface area contributed by atoms with Crippen molar-refractivity contribution in [2.24, 2.45) is 0 Å². The van der Waals surface area contributed by atoms with E-state index in [-0.39, 0.29) is 24.0 Å². The van der Waals surface area contributed by atoms with Crippen LogP contribution >= 0.6 is 0 Å². The zero-order chi connectivity index (χ0) is 25.3. The van der Waals surface area contributed by atoms with Crippen LogP contribution in [-0.4, -0.2) is 71.4 Å². The summed E-state index contributed by atoms with van der Waals surface area (Å²) in [6, 6.07) is 13.8. The second-order valence-electron chi connectivity index (χ2n) is 10.6. The molecule has 0 aliphatic carbocycles. The van der Waals surface area contributed by atoms with Gasteiger partial charge in [-0.1, -0.05) is 36.8 Å². The number of carbonyl (C=O) groups excluding carboxylic acids is 2. The van der Waals surface area contributed by atoms with Gasteiger partial charge in [0.15, 0.2) is 0 Å². The molecule has 1 aliphatic heterocycles. The maximum absolute atomic E-state index is 13.6.